The van der Waals surface area contributed by atoms with Crippen LogP contribution in [0.25, 0.3) is 0 Å². The Labute approximate surface area is 129 Å². The fourth-order valence-electron chi connectivity index (χ4n) is 2.21. The summed E-state index contributed by atoms with van der Waals surface area (Å²) >= 11 is 0. The molecule has 1 amide bonds. The monoisotopic (exact) mass is 307 g/mol. The van der Waals surface area contributed by atoms with E-state index in [9.17, 15) is 9.59 Å². The molecule has 1 aliphatic rings. The van der Waals surface area contributed by atoms with E-state index in [1.165, 1.54) is 7.11 Å². The van der Waals surface area contributed by atoms with E-state index < -0.39 is 24.3 Å². The first kappa shape index (κ1) is 16.4. The van der Waals surface area contributed by atoms with Gasteiger partial charge in [0.15, 0.2) is 6.10 Å². The summed E-state index contributed by atoms with van der Waals surface area (Å²) in [6.07, 6.45) is -0.840. The molecule has 1 saturated heterocycles. The molecule has 0 radical (unpaired) electrons. The molecule has 7 heteroatoms. The van der Waals surface area contributed by atoms with Gasteiger partial charge in [0, 0.05) is 6.42 Å². The highest BCUT2D eigenvalue weighted by Gasteiger charge is 2.39. The van der Waals surface area contributed by atoms with Crippen LogP contribution in [0.2, 0.25) is 0 Å². The topological polar surface area (TPSA) is 93.9 Å². The predicted octanol–water partition coefficient (Wildman–Crippen LogP) is 0.155. The van der Waals surface area contributed by atoms with E-state index in [0.717, 1.165) is 5.56 Å². The van der Waals surface area contributed by atoms with Crippen LogP contribution in [-0.2, 0) is 25.7 Å². The number of benzene rings is 1. The Kier molecular flexibility index (Phi) is 5.48. The van der Waals surface area contributed by atoms with Gasteiger partial charge in [0.2, 0.25) is 5.91 Å². The highest BCUT2D eigenvalue weighted by Crippen LogP contribution is 2.23. The van der Waals surface area contributed by atoms with E-state index in [0.29, 0.717) is 13.0 Å². The number of esters is 1. The van der Waals surface area contributed by atoms with Gasteiger partial charge in [-0.3, -0.25) is 9.63 Å². The highest BCUT2D eigenvalue weighted by molar-refractivity contribution is 5.81. The number of ether oxygens (including phenoxy) is 1. The largest absolute Gasteiger partial charge is 0.467 e. The van der Waals surface area contributed by atoms with E-state index in [2.05, 4.69) is 5.32 Å². The smallest absolute Gasteiger partial charge is 0.337 e. The number of hydroxylamine groups is 2. The molecule has 3 N–H and O–H groups in total. The number of carbonyl (C=O) groups excluding carboxylic acids is 2. The van der Waals surface area contributed by atoms with Crippen LogP contribution in [0, 0.1) is 0 Å². The number of nitrogens with zero attached hydrogens (tertiary/aromatic N) is 1. The van der Waals surface area contributed by atoms with Crippen molar-refractivity contribution in [3.05, 3.63) is 35.9 Å². The first-order valence-electron chi connectivity index (χ1n) is 7.12. The molecule has 0 bridgehead atoms. The average Bonchev–Trinajstić information content (AvgIpc) is 2.90. The van der Waals surface area contributed by atoms with Gasteiger partial charge in [-0.1, -0.05) is 30.3 Å². The summed E-state index contributed by atoms with van der Waals surface area (Å²) in [6, 6.07) is 9.01. The molecule has 3 atom stereocenters. The second-order valence-electron chi connectivity index (χ2n) is 5.23. The average molecular weight is 307 g/mol. The lowest BCUT2D eigenvalue weighted by molar-refractivity contribution is -0.193. The summed E-state index contributed by atoms with van der Waals surface area (Å²) < 4.78 is 4.71. The quantitative estimate of drug-likeness (QED) is 0.752. The summed E-state index contributed by atoms with van der Waals surface area (Å²) in [7, 11) is 1.31. The minimum Gasteiger partial charge on any atom is -0.467 e. The number of carbonyl (C=O) groups is 2. The number of hydrogen-bond donors (Lipinski definition) is 2. The molecular weight excluding hydrogens is 286 g/mol. The number of nitrogens with two attached hydrogens (primary N) is 1. The lowest BCUT2D eigenvalue weighted by atomic mass is 10.2. The molecule has 1 aliphatic heterocycles. The van der Waals surface area contributed by atoms with Crippen LogP contribution < -0.4 is 11.1 Å². The van der Waals surface area contributed by atoms with Crippen molar-refractivity contribution in [2.75, 3.05) is 7.11 Å². The van der Waals surface area contributed by atoms with E-state index >= 15 is 0 Å². The van der Waals surface area contributed by atoms with Crippen LogP contribution >= 0.6 is 0 Å². The van der Waals surface area contributed by atoms with E-state index in [-0.39, 0.29) is 5.91 Å². The summed E-state index contributed by atoms with van der Waals surface area (Å²) in [6.45, 7) is 2.04. The Morgan fingerprint density at radius 1 is 1.45 bits per heavy atom. The van der Waals surface area contributed by atoms with Crippen LogP contribution in [0.1, 0.15) is 18.9 Å². The fraction of sp³-hybridized carbons (Fsp3) is 0.467. The standard InChI is InChI=1S/C15H21N3O4/c1-10(16)14(19)17-13-8-12(15(20)21-2)22-18(13)9-11-6-4-3-5-7-11/h3-7,10,12-13H,8-9,16H2,1-2H3,(H,17,19)/t10-,12+,13+/m0/s1. The Morgan fingerprint density at radius 3 is 2.73 bits per heavy atom. The number of methoxy groups -OCH3 is 1. The predicted molar refractivity (Wildman–Crippen MR) is 79.1 cm³/mol. The zero-order valence-electron chi connectivity index (χ0n) is 12.7. The SMILES string of the molecule is COC(=O)[C@H]1C[C@H](NC(=O)[C@H](C)N)N(Cc2ccccc2)O1. The molecule has 0 unspecified atom stereocenters. The molecule has 22 heavy (non-hydrogen) atoms. The van der Waals surface area contributed by atoms with Crippen molar-refractivity contribution >= 4 is 11.9 Å². The van der Waals surface area contributed by atoms with Crippen LogP contribution in [0.3, 0.4) is 0 Å². The van der Waals surface area contributed by atoms with Crippen LogP contribution in [0.15, 0.2) is 30.3 Å². The minimum atomic E-state index is -0.730. The van der Waals surface area contributed by atoms with Crippen LogP contribution in [0.5, 0.6) is 0 Å². The molecule has 0 aromatic heterocycles. The highest BCUT2D eigenvalue weighted by atomic mass is 16.7. The number of nitrogens with one attached hydrogen (secondary N) is 1. The van der Waals surface area contributed by atoms with E-state index in [1.807, 2.05) is 30.3 Å². The van der Waals surface area contributed by atoms with Gasteiger partial charge in [-0.05, 0) is 12.5 Å². The third-order valence-electron chi connectivity index (χ3n) is 3.42. The Morgan fingerprint density at radius 2 is 2.14 bits per heavy atom. The summed E-state index contributed by atoms with van der Waals surface area (Å²) in [5.74, 6) is -0.757. The maximum Gasteiger partial charge on any atom is 0.337 e. The Bertz CT molecular complexity index is 521. The van der Waals surface area contributed by atoms with Gasteiger partial charge in [-0.25, -0.2) is 4.79 Å². The molecule has 1 aromatic rings. The fourth-order valence-corrected chi connectivity index (χ4v) is 2.21. The first-order chi connectivity index (χ1) is 10.5. The van der Waals surface area contributed by atoms with Crippen molar-refractivity contribution in [1.82, 2.24) is 10.4 Å². The molecule has 0 aliphatic carbocycles. The van der Waals surface area contributed by atoms with Gasteiger partial charge in [0.1, 0.15) is 6.17 Å². The molecule has 2 rings (SSSR count). The summed E-state index contributed by atoms with van der Waals surface area (Å²) in [5, 5.41) is 4.37. The zero-order valence-corrected chi connectivity index (χ0v) is 12.7. The minimum absolute atomic E-state index is 0.294. The molecule has 1 fully saturated rings. The van der Waals surface area contributed by atoms with Gasteiger partial charge in [-0.15, -0.1) is 0 Å². The lowest BCUT2D eigenvalue weighted by Gasteiger charge is -2.24. The molecular formula is C15H21N3O4. The van der Waals surface area contributed by atoms with Crippen molar-refractivity contribution in [2.45, 2.75) is 38.2 Å². The maximum atomic E-state index is 11.8. The van der Waals surface area contributed by atoms with Crippen molar-refractivity contribution in [2.24, 2.45) is 5.73 Å². The van der Waals surface area contributed by atoms with Gasteiger partial charge in [0.25, 0.3) is 0 Å². The second-order valence-corrected chi connectivity index (χ2v) is 5.23. The summed E-state index contributed by atoms with van der Waals surface area (Å²) in [4.78, 5) is 29.1. The van der Waals surface area contributed by atoms with Crippen molar-refractivity contribution < 1.29 is 19.2 Å². The molecule has 0 saturated carbocycles. The van der Waals surface area contributed by atoms with Crippen LogP contribution in [-0.4, -0.2) is 42.4 Å². The van der Waals surface area contributed by atoms with E-state index in [1.54, 1.807) is 12.0 Å². The van der Waals surface area contributed by atoms with E-state index in [4.69, 9.17) is 15.3 Å². The van der Waals surface area contributed by atoms with Gasteiger partial charge in [-0.2, -0.15) is 5.06 Å². The zero-order chi connectivity index (χ0) is 16.1. The molecule has 0 spiro atoms. The number of hydrogen-bond acceptors (Lipinski definition) is 6. The molecule has 1 aromatic carbocycles. The first-order valence-corrected chi connectivity index (χ1v) is 7.12. The maximum absolute atomic E-state index is 11.8. The van der Waals surface area contributed by atoms with Gasteiger partial charge >= 0.3 is 5.97 Å². The number of amides is 1. The van der Waals surface area contributed by atoms with Gasteiger partial charge < -0.3 is 15.8 Å². The second kappa shape index (κ2) is 7.35. The van der Waals surface area contributed by atoms with Crippen LogP contribution in [0.4, 0.5) is 0 Å². The molecule has 120 valence electrons. The molecule has 1 heterocycles. The summed E-state index contributed by atoms with van der Waals surface area (Å²) in [5.41, 5.74) is 6.58. The lowest BCUT2D eigenvalue weighted by Crippen LogP contribution is -2.48. The Hall–Kier alpha value is -1.96. The van der Waals surface area contributed by atoms with Crippen molar-refractivity contribution in [1.29, 1.82) is 0 Å². The number of rotatable bonds is 5. The normalized spacial score (nSPS) is 23.0. The van der Waals surface area contributed by atoms with Gasteiger partial charge in [0.05, 0.1) is 19.7 Å². The van der Waals surface area contributed by atoms with Crippen molar-refractivity contribution in [3.8, 4) is 0 Å². The van der Waals surface area contributed by atoms with Crippen molar-refractivity contribution in [3.63, 3.8) is 0 Å². The third kappa shape index (κ3) is 4.03. The third-order valence-corrected chi connectivity index (χ3v) is 3.42. The Balaban J connectivity index is 2.08. The molecule has 7 nitrogen and oxygen atoms in total.